The summed E-state index contributed by atoms with van der Waals surface area (Å²) in [6.45, 7) is 5.95. The molecule has 1 amide bonds. The lowest BCUT2D eigenvalue weighted by molar-refractivity contribution is -0.119. The van der Waals surface area contributed by atoms with Gasteiger partial charge < -0.3 is 10.2 Å². The van der Waals surface area contributed by atoms with Crippen LogP contribution in [0.1, 0.15) is 30.9 Å². The molecule has 0 radical (unpaired) electrons. The number of fused-ring (bicyclic) bond motifs is 3. The van der Waals surface area contributed by atoms with E-state index in [1.54, 1.807) is 4.90 Å². The summed E-state index contributed by atoms with van der Waals surface area (Å²) in [5.74, 6) is 1.07. The summed E-state index contributed by atoms with van der Waals surface area (Å²) in [6.07, 6.45) is 1.92. The van der Waals surface area contributed by atoms with Crippen LogP contribution in [0.4, 0.5) is 11.4 Å². The van der Waals surface area contributed by atoms with Crippen molar-refractivity contribution in [2.24, 2.45) is 4.99 Å². The van der Waals surface area contributed by atoms with Crippen LogP contribution in [0.25, 0.3) is 5.70 Å². The van der Waals surface area contributed by atoms with E-state index < -0.39 is 0 Å². The summed E-state index contributed by atoms with van der Waals surface area (Å²) >= 11 is 0. The van der Waals surface area contributed by atoms with Gasteiger partial charge in [0.05, 0.1) is 11.1 Å². The molecule has 1 aromatic rings. The minimum absolute atomic E-state index is 0.226. The number of anilines is 1. The minimum Gasteiger partial charge on any atom is -0.344 e. The molecule has 4 rings (SSSR count). The number of likely N-dealkylation sites (N-methyl/N-ethyl adjacent to an activating group) is 1. The molecule has 1 N–H and O–H groups in total. The van der Waals surface area contributed by atoms with E-state index in [1.807, 2.05) is 20.0 Å². The van der Waals surface area contributed by atoms with Gasteiger partial charge >= 0.3 is 0 Å². The van der Waals surface area contributed by atoms with Crippen molar-refractivity contribution in [3.63, 3.8) is 0 Å². The average Bonchev–Trinajstić information content (AvgIpc) is 3.13. The number of aliphatic imine (C=N–C) groups is 1. The zero-order valence-electron chi connectivity index (χ0n) is 11.1. The van der Waals surface area contributed by atoms with E-state index in [1.165, 1.54) is 0 Å². The number of amides is 1. The largest absolute Gasteiger partial charge is 0.344 e. The fourth-order valence-electron chi connectivity index (χ4n) is 3.22. The van der Waals surface area contributed by atoms with E-state index in [0.29, 0.717) is 0 Å². The van der Waals surface area contributed by atoms with Crippen LogP contribution < -0.4 is 10.2 Å². The van der Waals surface area contributed by atoms with Crippen molar-refractivity contribution in [3.8, 4) is 0 Å². The second kappa shape index (κ2) is 3.07. The molecule has 2 heterocycles. The van der Waals surface area contributed by atoms with Crippen LogP contribution in [0.3, 0.4) is 0 Å². The summed E-state index contributed by atoms with van der Waals surface area (Å²) in [5.41, 5.74) is 4.68. The molecule has 1 aromatic carbocycles. The van der Waals surface area contributed by atoms with Crippen LogP contribution in [0, 0.1) is 0 Å². The zero-order chi connectivity index (χ0) is 13.4. The molecule has 19 heavy (non-hydrogen) atoms. The third-order valence-electron chi connectivity index (χ3n) is 4.40. The number of rotatable bonds is 0. The Hall–Kier alpha value is -2.10. The Bertz CT molecular complexity index is 683. The average molecular weight is 253 g/mol. The van der Waals surface area contributed by atoms with Crippen molar-refractivity contribution < 1.29 is 4.79 Å². The van der Waals surface area contributed by atoms with Crippen LogP contribution in [0.5, 0.6) is 0 Å². The predicted octanol–water partition coefficient (Wildman–Crippen LogP) is 2.32. The molecule has 4 nitrogen and oxygen atoms in total. The predicted molar refractivity (Wildman–Crippen MR) is 75.7 cm³/mol. The number of carbonyl (C=O) groups excluding carboxylic acids is 1. The van der Waals surface area contributed by atoms with Gasteiger partial charge in [-0.3, -0.25) is 4.79 Å². The summed E-state index contributed by atoms with van der Waals surface area (Å²) in [4.78, 5) is 18.7. The highest BCUT2D eigenvalue weighted by atomic mass is 16.2. The maximum Gasteiger partial charge on any atom is 0.237 e. The summed E-state index contributed by atoms with van der Waals surface area (Å²) in [5, 5.41) is 3.14. The summed E-state index contributed by atoms with van der Waals surface area (Å²) in [6, 6.07) is 4.12. The zero-order valence-corrected chi connectivity index (χ0v) is 11.1. The molecule has 0 aromatic heterocycles. The van der Waals surface area contributed by atoms with Gasteiger partial charge in [0.2, 0.25) is 5.91 Å². The standard InChI is InChI=1S/C15H15N3O/c1-8-10-6-13-11(7-12(10)17-9(2)16-8)15(4-5-15)14(19)18(13)3/h6-7H,1,4-5H2,2-3H3,(H,16,17). The monoisotopic (exact) mass is 253 g/mol. The Morgan fingerprint density at radius 1 is 1.42 bits per heavy atom. The van der Waals surface area contributed by atoms with Crippen LogP contribution in [-0.4, -0.2) is 18.8 Å². The third kappa shape index (κ3) is 1.19. The van der Waals surface area contributed by atoms with E-state index in [0.717, 1.165) is 46.9 Å². The lowest BCUT2D eigenvalue weighted by atomic mass is 9.94. The number of hydrogen-bond donors (Lipinski definition) is 1. The van der Waals surface area contributed by atoms with E-state index >= 15 is 0 Å². The molecule has 3 aliphatic rings. The Morgan fingerprint density at radius 2 is 2.16 bits per heavy atom. The van der Waals surface area contributed by atoms with Crippen molar-refractivity contribution in [1.29, 1.82) is 0 Å². The lowest BCUT2D eigenvalue weighted by Gasteiger charge is -2.20. The maximum atomic E-state index is 12.4. The van der Waals surface area contributed by atoms with Gasteiger partial charge in [-0.15, -0.1) is 0 Å². The molecule has 0 unspecified atom stereocenters. The van der Waals surface area contributed by atoms with Gasteiger partial charge in [-0.2, -0.15) is 0 Å². The number of amidine groups is 1. The number of carbonyl (C=O) groups is 1. The quantitative estimate of drug-likeness (QED) is 0.771. The van der Waals surface area contributed by atoms with Crippen LogP contribution in [0.2, 0.25) is 0 Å². The number of nitrogens with zero attached hydrogens (tertiary/aromatic N) is 2. The van der Waals surface area contributed by atoms with Gasteiger partial charge in [-0.25, -0.2) is 4.99 Å². The molecular weight excluding hydrogens is 238 g/mol. The Kier molecular flexibility index (Phi) is 1.74. The summed E-state index contributed by atoms with van der Waals surface area (Å²) in [7, 11) is 1.86. The van der Waals surface area contributed by atoms with E-state index in [9.17, 15) is 4.79 Å². The Labute approximate surface area is 111 Å². The van der Waals surface area contributed by atoms with Crippen LogP contribution in [-0.2, 0) is 10.2 Å². The fourth-order valence-corrected chi connectivity index (χ4v) is 3.22. The summed E-state index contributed by atoms with van der Waals surface area (Å²) < 4.78 is 0. The number of nitrogens with one attached hydrogen (secondary N) is 1. The van der Waals surface area contributed by atoms with E-state index in [2.05, 4.69) is 23.0 Å². The van der Waals surface area contributed by atoms with Crippen LogP contribution >= 0.6 is 0 Å². The van der Waals surface area contributed by atoms with Gasteiger partial charge in [0.15, 0.2) is 0 Å². The molecule has 2 aliphatic heterocycles. The molecule has 1 spiro atoms. The van der Waals surface area contributed by atoms with Gasteiger partial charge in [-0.1, -0.05) is 6.58 Å². The molecule has 0 saturated heterocycles. The fraction of sp³-hybridized carbons (Fsp3) is 0.333. The normalized spacial score (nSPS) is 22.0. The Morgan fingerprint density at radius 3 is 2.84 bits per heavy atom. The molecule has 0 atom stereocenters. The molecule has 1 fully saturated rings. The lowest BCUT2D eigenvalue weighted by Crippen LogP contribution is -2.27. The highest BCUT2D eigenvalue weighted by molar-refractivity contribution is 6.11. The van der Waals surface area contributed by atoms with E-state index in [-0.39, 0.29) is 11.3 Å². The number of benzene rings is 1. The maximum absolute atomic E-state index is 12.4. The highest BCUT2D eigenvalue weighted by Gasteiger charge is 2.58. The van der Waals surface area contributed by atoms with Crippen molar-refractivity contribution in [2.45, 2.75) is 25.2 Å². The number of hydrogen-bond acceptors (Lipinski definition) is 3. The Balaban J connectivity index is 1.99. The van der Waals surface area contributed by atoms with Gasteiger partial charge in [0, 0.05) is 24.0 Å². The second-order valence-electron chi connectivity index (χ2n) is 5.63. The molecule has 1 aliphatic carbocycles. The van der Waals surface area contributed by atoms with Crippen LogP contribution in [0.15, 0.2) is 23.7 Å². The first-order valence-corrected chi connectivity index (χ1v) is 6.51. The first kappa shape index (κ1) is 10.8. The molecule has 0 bridgehead atoms. The smallest absolute Gasteiger partial charge is 0.237 e. The van der Waals surface area contributed by atoms with E-state index in [4.69, 9.17) is 0 Å². The van der Waals surface area contributed by atoms with Crippen molar-refractivity contribution in [3.05, 3.63) is 29.8 Å². The van der Waals surface area contributed by atoms with Crippen molar-refractivity contribution >= 4 is 28.8 Å². The van der Waals surface area contributed by atoms with Gasteiger partial charge in [0.25, 0.3) is 0 Å². The van der Waals surface area contributed by atoms with Crippen molar-refractivity contribution in [2.75, 3.05) is 11.9 Å². The highest BCUT2D eigenvalue weighted by Crippen LogP contribution is 2.58. The van der Waals surface area contributed by atoms with Crippen molar-refractivity contribution in [1.82, 2.24) is 5.32 Å². The van der Waals surface area contributed by atoms with Gasteiger partial charge in [-0.05, 0) is 37.5 Å². The minimum atomic E-state index is -0.241. The topological polar surface area (TPSA) is 44.7 Å². The molecular formula is C15H15N3O. The molecule has 96 valence electrons. The SMILES string of the molecule is C=C1NC(C)=Nc2cc3c(cc21)N(C)C(=O)C31CC1. The van der Waals surface area contributed by atoms with Gasteiger partial charge in [0.1, 0.15) is 5.84 Å². The third-order valence-corrected chi connectivity index (χ3v) is 4.40. The first-order valence-electron chi connectivity index (χ1n) is 6.51. The first-order chi connectivity index (χ1) is 9.03. The second-order valence-corrected chi connectivity index (χ2v) is 5.63. The molecule has 1 saturated carbocycles. The molecule has 4 heteroatoms.